The minimum absolute atomic E-state index is 0.149. The van der Waals surface area contributed by atoms with Gasteiger partial charge in [-0.2, -0.15) is 0 Å². The normalized spacial score (nSPS) is 15.2. The first kappa shape index (κ1) is 9.76. The number of nitrogens with zero attached hydrogens (tertiary/aromatic N) is 1. The molecule has 0 saturated heterocycles. The number of carboxylic acids is 1. The lowest BCUT2D eigenvalue weighted by Crippen LogP contribution is -2.13. The highest BCUT2D eigenvalue weighted by atomic mass is 16.5. The molecule has 1 aliphatic heterocycles. The molecule has 0 atom stereocenters. The fourth-order valence-corrected chi connectivity index (χ4v) is 1.42. The number of hydrogen-bond donors (Lipinski definition) is 2. The number of carboxylic acid groups (broad SMARTS) is 1. The molecule has 5 nitrogen and oxygen atoms in total. The smallest absolute Gasteiger partial charge is 0.337 e. The predicted octanol–water partition coefficient (Wildman–Crippen LogP) is 1.36. The predicted molar refractivity (Wildman–Crippen MR) is 54.4 cm³/mol. The van der Waals surface area contributed by atoms with Crippen molar-refractivity contribution in [3.63, 3.8) is 0 Å². The standard InChI is InChI=1S/C10H12N2O3/c13-10(14)7-5-8-9(12-6-7)11-3-1-2-4-15-8/h5-6H,1-4H2,(H,11,12)(H,13,14). The Morgan fingerprint density at radius 3 is 3.20 bits per heavy atom. The second kappa shape index (κ2) is 4.16. The van der Waals surface area contributed by atoms with Crippen LogP contribution in [0.25, 0.3) is 0 Å². The van der Waals surface area contributed by atoms with Crippen LogP contribution in [0.3, 0.4) is 0 Å². The topological polar surface area (TPSA) is 71.5 Å². The van der Waals surface area contributed by atoms with Gasteiger partial charge in [-0.1, -0.05) is 0 Å². The fraction of sp³-hybridized carbons (Fsp3) is 0.400. The molecule has 1 aromatic heterocycles. The Morgan fingerprint density at radius 1 is 1.53 bits per heavy atom. The van der Waals surface area contributed by atoms with Crippen LogP contribution >= 0.6 is 0 Å². The van der Waals surface area contributed by atoms with Gasteiger partial charge in [0.15, 0.2) is 11.6 Å². The summed E-state index contributed by atoms with van der Waals surface area (Å²) in [6.45, 7) is 1.45. The summed E-state index contributed by atoms with van der Waals surface area (Å²) in [5.41, 5.74) is 0.149. The molecule has 5 heteroatoms. The van der Waals surface area contributed by atoms with E-state index in [4.69, 9.17) is 9.84 Å². The zero-order valence-electron chi connectivity index (χ0n) is 8.19. The van der Waals surface area contributed by atoms with Crippen LogP contribution in [0.5, 0.6) is 5.75 Å². The molecular weight excluding hydrogens is 196 g/mol. The van der Waals surface area contributed by atoms with Crippen LogP contribution in [0.1, 0.15) is 23.2 Å². The quantitative estimate of drug-likeness (QED) is 0.729. The van der Waals surface area contributed by atoms with Crippen molar-refractivity contribution >= 4 is 11.8 Å². The Bertz CT molecular complexity index is 379. The minimum atomic E-state index is -0.990. The summed E-state index contributed by atoms with van der Waals surface area (Å²) in [4.78, 5) is 14.7. The van der Waals surface area contributed by atoms with E-state index in [1.165, 1.54) is 12.3 Å². The fourth-order valence-electron chi connectivity index (χ4n) is 1.42. The van der Waals surface area contributed by atoms with Gasteiger partial charge >= 0.3 is 5.97 Å². The maximum absolute atomic E-state index is 10.7. The molecule has 2 rings (SSSR count). The summed E-state index contributed by atoms with van der Waals surface area (Å²) >= 11 is 0. The summed E-state index contributed by atoms with van der Waals surface area (Å²) in [5.74, 6) is 0.158. The maximum Gasteiger partial charge on any atom is 0.337 e. The second-order valence-corrected chi connectivity index (χ2v) is 3.36. The molecule has 0 amide bonds. The van der Waals surface area contributed by atoms with Crippen molar-refractivity contribution in [2.45, 2.75) is 12.8 Å². The zero-order valence-corrected chi connectivity index (χ0v) is 8.19. The Balaban J connectivity index is 2.31. The molecule has 1 aliphatic rings. The van der Waals surface area contributed by atoms with E-state index in [2.05, 4.69) is 10.3 Å². The SMILES string of the molecule is O=C(O)c1cnc2c(c1)OCCCCN2. The number of ether oxygens (including phenoxy) is 1. The van der Waals surface area contributed by atoms with E-state index in [0.29, 0.717) is 18.2 Å². The highest BCUT2D eigenvalue weighted by Gasteiger charge is 2.12. The zero-order chi connectivity index (χ0) is 10.7. The van der Waals surface area contributed by atoms with Gasteiger partial charge in [0.1, 0.15) is 0 Å². The summed E-state index contributed by atoms with van der Waals surface area (Å²) < 4.78 is 5.43. The van der Waals surface area contributed by atoms with Crippen molar-refractivity contribution in [3.05, 3.63) is 17.8 Å². The van der Waals surface area contributed by atoms with Crippen LogP contribution in [0.2, 0.25) is 0 Å². The van der Waals surface area contributed by atoms with Crippen LogP contribution in [-0.2, 0) is 0 Å². The number of fused-ring (bicyclic) bond motifs is 1. The molecule has 0 aromatic carbocycles. The van der Waals surface area contributed by atoms with E-state index in [1.54, 1.807) is 0 Å². The lowest BCUT2D eigenvalue weighted by atomic mass is 10.2. The number of anilines is 1. The Kier molecular flexibility index (Phi) is 2.71. The highest BCUT2D eigenvalue weighted by molar-refractivity contribution is 5.88. The molecule has 80 valence electrons. The van der Waals surface area contributed by atoms with Crippen LogP contribution < -0.4 is 10.1 Å². The number of aromatic nitrogens is 1. The van der Waals surface area contributed by atoms with Crippen molar-refractivity contribution in [1.82, 2.24) is 4.98 Å². The average molecular weight is 208 g/mol. The van der Waals surface area contributed by atoms with E-state index in [1.807, 2.05) is 0 Å². The molecule has 0 spiro atoms. The molecule has 2 N–H and O–H groups in total. The van der Waals surface area contributed by atoms with Crippen LogP contribution in [0.15, 0.2) is 12.3 Å². The van der Waals surface area contributed by atoms with E-state index >= 15 is 0 Å². The average Bonchev–Trinajstić information content (AvgIpc) is 2.18. The van der Waals surface area contributed by atoms with Gasteiger partial charge in [-0.3, -0.25) is 0 Å². The Labute approximate surface area is 87.1 Å². The van der Waals surface area contributed by atoms with Gasteiger partial charge in [0.2, 0.25) is 0 Å². The van der Waals surface area contributed by atoms with E-state index < -0.39 is 5.97 Å². The highest BCUT2D eigenvalue weighted by Crippen LogP contribution is 2.24. The first-order valence-electron chi connectivity index (χ1n) is 4.87. The first-order valence-corrected chi connectivity index (χ1v) is 4.87. The molecule has 15 heavy (non-hydrogen) atoms. The number of aromatic carboxylic acids is 1. The number of nitrogens with one attached hydrogen (secondary N) is 1. The number of carbonyl (C=O) groups is 1. The van der Waals surface area contributed by atoms with Crippen LogP contribution in [0, 0.1) is 0 Å². The molecule has 0 bridgehead atoms. The minimum Gasteiger partial charge on any atom is -0.490 e. The number of hydrogen-bond acceptors (Lipinski definition) is 4. The van der Waals surface area contributed by atoms with Gasteiger partial charge < -0.3 is 15.2 Å². The molecule has 0 fully saturated rings. The van der Waals surface area contributed by atoms with Gasteiger partial charge in [-0.15, -0.1) is 0 Å². The summed E-state index contributed by atoms with van der Waals surface area (Å²) in [7, 11) is 0. The molecule has 0 saturated carbocycles. The van der Waals surface area contributed by atoms with E-state index in [9.17, 15) is 4.79 Å². The van der Waals surface area contributed by atoms with Gasteiger partial charge in [0, 0.05) is 18.8 Å². The third-order valence-electron chi connectivity index (χ3n) is 2.22. The molecular formula is C10H12N2O3. The van der Waals surface area contributed by atoms with Crippen molar-refractivity contribution in [1.29, 1.82) is 0 Å². The maximum atomic E-state index is 10.7. The third-order valence-corrected chi connectivity index (χ3v) is 2.22. The lowest BCUT2D eigenvalue weighted by Gasteiger charge is -2.15. The summed E-state index contributed by atoms with van der Waals surface area (Å²) in [5, 5.41) is 11.9. The monoisotopic (exact) mass is 208 g/mol. The van der Waals surface area contributed by atoms with Crippen molar-refractivity contribution in [3.8, 4) is 5.75 Å². The summed E-state index contributed by atoms with van der Waals surface area (Å²) in [6.07, 6.45) is 3.32. The second-order valence-electron chi connectivity index (χ2n) is 3.36. The molecule has 0 unspecified atom stereocenters. The molecule has 1 aromatic rings. The Morgan fingerprint density at radius 2 is 2.40 bits per heavy atom. The van der Waals surface area contributed by atoms with Gasteiger partial charge in [-0.25, -0.2) is 9.78 Å². The van der Waals surface area contributed by atoms with E-state index in [-0.39, 0.29) is 5.56 Å². The van der Waals surface area contributed by atoms with Crippen molar-refractivity contribution < 1.29 is 14.6 Å². The van der Waals surface area contributed by atoms with Crippen LogP contribution in [-0.4, -0.2) is 29.2 Å². The van der Waals surface area contributed by atoms with Gasteiger partial charge in [-0.05, 0) is 12.8 Å². The number of pyridine rings is 1. The number of rotatable bonds is 1. The lowest BCUT2D eigenvalue weighted by molar-refractivity contribution is 0.0696. The molecule has 2 heterocycles. The first-order chi connectivity index (χ1) is 7.27. The van der Waals surface area contributed by atoms with E-state index in [0.717, 1.165) is 19.4 Å². The largest absolute Gasteiger partial charge is 0.490 e. The van der Waals surface area contributed by atoms with Crippen molar-refractivity contribution in [2.75, 3.05) is 18.5 Å². The summed E-state index contributed by atoms with van der Waals surface area (Å²) in [6, 6.07) is 1.50. The van der Waals surface area contributed by atoms with Crippen molar-refractivity contribution in [2.24, 2.45) is 0 Å². The molecule has 0 aliphatic carbocycles. The third kappa shape index (κ3) is 2.18. The Hall–Kier alpha value is -1.78. The van der Waals surface area contributed by atoms with Gasteiger partial charge in [0.05, 0.1) is 12.2 Å². The van der Waals surface area contributed by atoms with Gasteiger partial charge in [0.25, 0.3) is 0 Å². The molecule has 0 radical (unpaired) electrons. The van der Waals surface area contributed by atoms with Crippen LogP contribution in [0.4, 0.5) is 5.82 Å².